The number of sulfonamides is 1. The maximum absolute atomic E-state index is 12.6. The van der Waals surface area contributed by atoms with Gasteiger partial charge in [-0.2, -0.15) is 0 Å². The first kappa shape index (κ1) is 23.5. The van der Waals surface area contributed by atoms with E-state index in [0.29, 0.717) is 5.69 Å². The minimum absolute atomic E-state index is 0.0123. The monoisotopic (exact) mass is 478 g/mol. The van der Waals surface area contributed by atoms with Crippen LogP contribution in [0.2, 0.25) is 0 Å². The number of nitrogens with one attached hydrogen (secondary N) is 2. The highest BCUT2D eigenvalue weighted by atomic mass is 32.2. The number of carbonyl (C=O) groups is 2. The molecule has 3 aromatic carbocycles. The minimum Gasteiger partial charge on any atom is -0.452 e. The first-order valence-electron chi connectivity index (χ1n) is 11.1. The predicted molar refractivity (Wildman–Crippen MR) is 129 cm³/mol. The Labute approximate surface area is 199 Å². The molecule has 176 valence electrons. The van der Waals surface area contributed by atoms with Gasteiger partial charge in [0.05, 0.1) is 16.5 Å². The molecule has 8 heteroatoms. The third-order valence-corrected chi connectivity index (χ3v) is 7.14. The lowest BCUT2D eigenvalue weighted by Crippen LogP contribution is -2.34. The van der Waals surface area contributed by atoms with E-state index in [1.807, 2.05) is 25.1 Å². The van der Waals surface area contributed by atoms with E-state index in [2.05, 4.69) is 16.1 Å². The molecule has 0 saturated heterocycles. The molecule has 1 aliphatic carbocycles. The van der Waals surface area contributed by atoms with Crippen molar-refractivity contribution in [3.63, 3.8) is 0 Å². The van der Waals surface area contributed by atoms with Crippen LogP contribution in [0.15, 0.2) is 77.7 Å². The van der Waals surface area contributed by atoms with Crippen molar-refractivity contribution in [2.75, 3.05) is 11.3 Å². The molecule has 7 nitrogen and oxygen atoms in total. The smallest absolute Gasteiger partial charge is 0.338 e. The SMILES string of the molecule is Cc1ccc(NS(=O)(=O)c2ccc(C(=O)OCC(=O)N[C@@H]3CCCc4ccccc43)cc2)cc1. The van der Waals surface area contributed by atoms with Gasteiger partial charge in [-0.1, -0.05) is 42.0 Å². The topological polar surface area (TPSA) is 102 Å². The zero-order chi connectivity index (χ0) is 24.1. The van der Waals surface area contributed by atoms with E-state index in [1.165, 1.54) is 29.8 Å². The van der Waals surface area contributed by atoms with Crippen molar-refractivity contribution in [1.82, 2.24) is 5.32 Å². The lowest BCUT2D eigenvalue weighted by Gasteiger charge is -2.26. The molecule has 1 atom stereocenters. The Bertz CT molecular complexity index is 1290. The number of hydrogen-bond acceptors (Lipinski definition) is 5. The Morgan fingerprint density at radius 2 is 1.68 bits per heavy atom. The van der Waals surface area contributed by atoms with E-state index in [-0.39, 0.29) is 22.4 Å². The first-order chi connectivity index (χ1) is 16.3. The summed E-state index contributed by atoms with van der Waals surface area (Å²) in [5.74, 6) is -1.08. The van der Waals surface area contributed by atoms with Crippen molar-refractivity contribution in [2.45, 2.75) is 37.1 Å². The second-order valence-electron chi connectivity index (χ2n) is 8.28. The number of hydrogen-bond donors (Lipinski definition) is 2. The van der Waals surface area contributed by atoms with E-state index in [0.717, 1.165) is 30.4 Å². The van der Waals surface area contributed by atoms with E-state index in [1.54, 1.807) is 24.3 Å². The van der Waals surface area contributed by atoms with Crippen molar-refractivity contribution in [3.8, 4) is 0 Å². The number of ether oxygens (including phenoxy) is 1. The average molecular weight is 479 g/mol. The summed E-state index contributed by atoms with van der Waals surface area (Å²) in [7, 11) is -3.80. The molecule has 0 aromatic heterocycles. The molecular formula is C26H26N2O5S. The van der Waals surface area contributed by atoms with Crippen LogP contribution < -0.4 is 10.0 Å². The third-order valence-electron chi connectivity index (χ3n) is 5.74. The number of carbonyl (C=O) groups excluding carboxylic acids is 2. The summed E-state index contributed by atoms with van der Waals surface area (Å²) < 4.78 is 32.8. The fraction of sp³-hybridized carbons (Fsp3) is 0.231. The molecule has 0 spiro atoms. The lowest BCUT2D eigenvalue weighted by atomic mass is 9.88. The molecule has 0 bridgehead atoms. The summed E-state index contributed by atoms with van der Waals surface area (Å²) >= 11 is 0. The Kier molecular flexibility index (Phi) is 6.98. The van der Waals surface area contributed by atoms with Crippen LogP contribution in [0.4, 0.5) is 5.69 Å². The Morgan fingerprint density at radius 3 is 2.41 bits per heavy atom. The molecule has 0 saturated carbocycles. The zero-order valence-corrected chi connectivity index (χ0v) is 19.6. The number of aryl methyl sites for hydroxylation is 2. The molecule has 1 aliphatic rings. The van der Waals surface area contributed by atoms with Gasteiger partial charge in [-0.05, 0) is 73.7 Å². The normalized spacial score (nSPS) is 15.1. The highest BCUT2D eigenvalue weighted by Crippen LogP contribution is 2.29. The van der Waals surface area contributed by atoms with Crippen LogP contribution in [-0.4, -0.2) is 26.9 Å². The molecular weight excluding hydrogens is 452 g/mol. The fourth-order valence-corrected chi connectivity index (χ4v) is 5.02. The van der Waals surface area contributed by atoms with Crippen LogP contribution in [0.3, 0.4) is 0 Å². The number of esters is 1. The van der Waals surface area contributed by atoms with Crippen molar-refractivity contribution in [2.24, 2.45) is 0 Å². The molecule has 0 radical (unpaired) electrons. The Morgan fingerprint density at radius 1 is 0.971 bits per heavy atom. The van der Waals surface area contributed by atoms with Gasteiger partial charge in [0, 0.05) is 5.69 Å². The van der Waals surface area contributed by atoms with Crippen molar-refractivity contribution in [3.05, 3.63) is 95.1 Å². The molecule has 0 heterocycles. The van der Waals surface area contributed by atoms with Crippen LogP contribution in [0.5, 0.6) is 0 Å². The molecule has 0 aliphatic heterocycles. The van der Waals surface area contributed by atoms with Crippen LogP contribution in [-0.2, 0) is 26.0 Å². The maximum atomic E-state index is 12.6. The average Bonchev–Trinajstić information content (AvgIpc) is 2.84. The molecule has 1 amide bonds. The number of benzene rings is 3. The van der Waals surface area contributed by atoms with E-state index in [4.69, 9.17) is 4.74 Å². The van der Waals surface area contributed by atoms with Gasteiger partial charge in [0.1, 0.15) is 0 Å². The van der Waals surface area contributed by atoms with Crippen LogP contribution in [0, 0.1) is 6.92 Å². The first-order valence-corrected chi connectivity index (χ1v) is 12.5. The Balaban J connectivity index is 1.32. The predicted octanol–water partition coefficient (Wildman–Crippen LogP) is 4.15. The van der Waals surface area contributed by atoms with Crippen molar-refractivity contribution in [1.29, 1.82) is 0 Å². The van der Waals surface area contributed by atoms with Gasteiger partial charge in [0.15, 0.2) is 6.61 Å². The van der Waals surface area contributed by atoms with Gasteiger partial charge >= 0.3 is 5.97 Å². The lowest BCUT2D eigenvalue weighted by molar-refractivity contribution is -0.125. The van der Waals surface area contributed by atoms with E-state index >= 15 is 0 Å². The number of anilines is 1. The maximum Gasteiger partial charge on any atom is 0.338 e. The second-order valence-corrected chi connectivity index (χ2v) is 9.97. The molecule has 4 rings (SSSR count). The summed E-state index contributed by atoms with van der Waals surface area (Å²) in [4.78, 5) is 24.7. The minimum atomic E-state index is -3.80. The van der Waals surface area contributed by atoms with Crippen LogP contribution in [0.25, 0.3) is 0 Å². The highest BCUT2D eigenvalue weighted by Gasteiger charge is 2.22. The fourth-order valence-electron chi connectivity index (χ4n) is 3.96. The van der Waals surface area contributed by atoms with Gasteiger partial charge in [-0.25, -0.2) is 13.2 Å². The molecule has 3 aromatic rings. The van der Waals surface area contributed by atoms with Crippen molar-refractivity contribution < 1.29 is 22.7 Å². The summed E-state index contributed by atoms with van der Waals surface area (Å²) in [6.45, 7) is 1.50. The number of amides is 1. The van der Waals surface area contributed by atoms with Gasteiger partial charge in [0.25, 0.3) is 15.9 Å². The molecule has 0 unspecified atom stereocenters. The van der Waals surface area contributed by atoms with E-state index in [9.17, 15) is 18.0 Å². The summed E-state index contributed by atoms with van der Waals surface area (Å²) in [5.41, 5.74) is 3.95. The standard InChI is InChI=1S/C26H26N2O5S/c1-18-9-13-21(14-10-18)28-34(31,32)22-15-11-20(12-16-22)26(30)33-17-25(29)27-24-8-4-6-19-5-2-3-7-23(19)24/h2-3,5,7,9-16,24,28H,4,6,8,17H2,1H3,(H,27,29)/t24-/m1/s1. The number of fused-ring (bicyclic) bond motifs is 1. The molecule has 2 N–H and O–H groups in total. The van der Waals surface area contributed by atoms with Gasteiger partial charge < -0.3 is 10.1 Å². The largest absolute Gasteiger partial charge is 0.452 e. The summed E-state index contributed by atoms with van der Waals surface area (Å²) in [5, 5.41) is 2.93. The third kappa shape index (κ3) is 5.63. The zero-order valence-electron chi connectivity index (χ0n) is 18.8. The van der Waals surface area contributed by atoms with Crippen LogP contribution >= 0.6 is 0 Å². The Hall–Kier alpha value is -3.65. The van der Waals surface area contributed by atoms with Crippen LogP contribution in [0.1, 0.15) is 45.9 Å². The second kappa shape index (κ2) is 10.1. The summed E-state index contributed by atoms with van der Waals surface area (Å²) in [6, 6.07) is 20.2. The van der Waals surface area contributed by atoms with Gasteiger partial charge in [-0.3, -0.25) is 9.52 Å². The highest BCUT2D eigenvalue weighted by molar-refractivity contribution is 7.92. The quantitative estimate of drug-likeness (QED) is 0.497. The number of rotatable bonds is 7. The van der Waals surface area contributed by atoms with Crippen molar-refractivity contribution >= 4 is 27.6 Å². The molecule has 0 fully saturated rings. The van der Waals surface area contributed by atoms with Gasteiger partial charge in [-0.15, -0.1) is 0 Å². The molecule has 34 heavy (non-hydrogen) atoms. The summed E-state index contributed by atoms with van der Waals surface area (Å²) in [6.07, 6.45) is 2.81. The van der Waals surface area contributed by atoms with Gasteiger partial charge in [0.2, 0.25) is 0 Å². The van der Waals surface area contributed by atoms with E-state index < -0.39 is 22.6 Å².